The minimum Gasteiger partial charge on any atom is -0.325 e. The molecule has 48 heavy (non-hydrogen) atoms. The van der Waals surface area contributed by atoms with E-state index in [9.17, 15) is 24.5 Å². The number of halogens is 2. The second-order valence-corrected chi connectivity index (χ2v) is 12.2. The Morgan fingerprint density at radius 1 is 0.729 bits per heavy atom. The van der Waals surface area contributed by atoms with Crippen LogP contribution in [0.4, 0.5) is 17.1 Å². The van der Waals surface area contributed by atoms with E-state index < -0.39 is 22.0 Å². The van der Waals surface area contributed by atoms with Gasteiger partial charge in [-0.3, -0.25) is 24.5 Å². The van der Waals surface area contributed by atoms with Gasteiger partial charge in [0.25, 0.3) is 17.5 Å². The van der Waals surface area contributed by atoms with Gasteiger partial charge in [0.2, 0.25) is 5.91 Å². The summed E-state index contributed by atoms with van der Waals surface area (Å²) in [4.78, 5) is 51.4. The summed E-state index contributed by atoms with van der Waals surface area (Å²) in [6.45, 7) is 0. The number of nitro groups is 1. The fourth-order valence-electron chi connectivity index (χ4n) is 4.49. The van der Waals surface area contributed by atoms with Crippen LogP contribution in [0, 0.1) is 10.1 Å². The molecule has 0 fully saturated rings. The van der Waals surface area contributed by atoms with E-state index in [2.05, 4.69) is 16.0 Å². The first-order chi connectivity index (χ1) is 23.2. The molecule has 240 valence electrons. The summed E-state index contributed by atoms with van der Waals surface area (Å²) < 4.78 is 0. The van der Waals surface area contributed by atoms with Crippen LogP contribution in [0.3, 0.4) is 0 Å². The van der Waals surface area contributed by atoms with Gasteiger partial charge < -0.3 is 16.0 Å². The maximum Gasteiger partial charge on any atom is 0.272 e. The lowest BCUT2D eigenvalue weighted by molar-refractivity contribution is -0.384. The number of nitrogens with zero attached hydrogens (tertiary/aromatic N) is 1. The molecule has 0 heterocycles. The lowest BCUT2D eigenvalue weighted by Crippen LogP contribution is -2.30. The first-order valence-electron chi connectivity index (χ1n) is 14.4. The molecule has 5 aromatic carbocycles. The van der Waals surface area contributed by atoms with Crippen LogP contribution in [0.25, 0.3) is 6.08 Å². The average molecular weight is 698 g/mol. The largest absolute Gasteiger partial charge is 0.325 e. The summed E-state index contributed by atoms with van der Waals surface area (Å²) in [6.07, 6.45) is 1.41. The highest BCUT2D eigenvalue weighted by atomic mass is 35.5. The molecule has 0 spiro atoms. The van der Waals surface area contributed by atoms with Crippen LogP contribution < -0.4 is 16.0 Å². The van der Waals surface area contributed by atoms with Crippen molar-refractivity contribution in [2.75, 3.05) is 10.6 Å². The van der Waals surface area contributed by atoms with E-state index in [1.165, 1.54) is 42.1 Å². The van der Waals surface area contributed by atoms with E-state index in [4.69, 9.17) is 23.2 Å². The van der Waals surface area contributed by atoms with Crippen molar-refractivity contribution in [1.82, 2.24) is 5.32 Å². The van der Waals surface area contributed by atoms with Crippen LogP contribution in [0.1, 0.15) is 26.7 Å². The van der Waals surface area contributed by atoms with Crippen LogP contribution >= 0.6 is 35.0 Å². The van der Waals surface area contributed by atoms with E-state index in [0.717, 1.165) is 5.56 Å². The van der Waals surface area contributed by atoms with Gasteiger partial charge in [0.15, 0.2) is 0 Å². The van der Waals surface area contributed by atoms with Gasteiger partial charge in [-0.15, -0.1) is 11.8 Å². The third-order valence-electron chi connectivity index (χ3n) is 6.85. The molecule has 5 aromatic rings. The number of thioether (sulfide) groups is 1. The molecule has 0 aliphatic heterocycles. The standard InChI is InChI=1S/C36H26Cl2N4O5S/c37-30-15-8-16-31(38)29(30)22-32(41-34(43)24-11-5-2-6-12-24)35(44)40-26-13-7-14-28(21-26)48-33(23-9-3-1-4-10-23)36(45)39-25-17-19-27(20-18-25)42(46)47/h1-22,33H,(H,39,45)(H,40,44)(H,41,43)/b32-22+. The van der Waals surface area contributed by atoms with Crippen molar-refractivity contribution in [3.63, 3.8) is 0 Å². The van der Waals surface area contributed by atoms with Crippen molar-refractivity contribution in [1.29, 1.82) is 0 Å². The van der Waals surface area contributed by atoms with Crippen molar-refractivity contribution in [3.8, 4) is 0 Å². The number of carbonyl (C=O) groups excluding carboxylic acids is 3. The van der Waals surface area contributed by atoms with Crippen LogP contribution in [0.5, 0.6) is 0 Å². The summed E-state index contributed by atoms with van der Waals surface area (Å²) in [6, 6.07) is 35.0. The molecule has 0 bridgehead atoms. The van der Waals surface area contributed by atoms with Crippen molar-refractivity contribution >= 4 is 75.8 Å². The van der Waals surface area contributed by atoms with Gasteiger partial charge >= 0.3 is 0 Å². The second-order valence-electron chi connectivity index (χ2n) is 10.2. The first kappa shape index (κ1) is 33.9. The number of hydrogen-bond donors (Lipinski definition) is 3. The molecule has 0 saturated heterocycles. The summed E-state index contributed by atoms with van der Waals surface area (Å²) in [5.74, 6) is -1.48. The quantitative estimate of drug-likeness (QED) is 0.0548. The summed E-state index contributed by atoms with van der Waals surface area (Å²) in [5, 5.41) is 19.2. The van der Waals surface area contributed by atoms with Gasteiger partial charge in [-0.1, -0.05) is 83.9 Å². The average Bonchev–Trinajstić information content (AvgIpc) is 3.09. The highest BCUT2D eigenvalue weighted by Crippen LogP contribution is 2.37. The monoisotopic (exact) mass is 696 g/mol. The Morgan fingerprint density at radius 2 is 1.35 bits per heavy atom. The van der Waals surface area contributed by atoms with Crippen molar-refractivity contribution < 1.29 is 19.3 Å². The molecule has 0 aliphatic rings. The minimum absolute atomic E-state index is 0.0894. The molecular formula is C36H26Cl2N4O5S. The molecular weight excluding hydrogens is 671 g/mol. The highest BCUT2D eigenvalue weighted by molar-refractivity contribution is 8.00. The zero-order valence-electron chi connectivity index (χ0n) is 24.9. The van der Waals surface area contributed by atoms with Crippen molar-refractivity contribution in [2.45, 2.75) is 10.1 Å². The Labute approximate surface area is 290 Å². The molecule has 3 amide bonds. The Kier molecular flexibility index (Phi) is 11.3. The van der Waals surface area contributed by atoms with E-state index in [0.29, 0.717) is 37.4 Å². The van der Waals surface area contributed by atoms with Gasteiger partial charge in [0.05, 0.1) is 4.92 Å². The maximum absolute atomic E-state index is 13.6. The van der Waals surface area contributed by atoms with Gasteiger partial charge in [-0.25, -0.2) is 0 Å². The molecule has 0 saturated carbocycles. The number of hydrogen-bond acceptors (Lipinski definition) is 6. The zero-order chi connectivity index (χ0) is 34.0. The van der Waals surface area contributed by atoms with Gasteiger partial charge in [-0.2, -0.15) is 0 Å². The van der Waals surface area contributed by atoms with Crippen LogP contribution in [0.15, 0.2) is 138 Å². The number of carbonyl (C=O) groups is 3. The maximum atomic E-state index is 13.6. The number of nitrogens with one attached hydrogen (secondary N) is 3. The number of non-ortho nitro benzene ring substituents is 1. The number of anilines is 2. The number of benzene rings is 5. The third kappa shape index (κ3) is 8.89. The van der Waals surface area contributed by atoms with Crippen LogP contribution in [-0.4, -0.2) is 22.6 Å². The molecule has 3 N–H and O–H groups in total. The number of rotatable bonds is 11. The smallest absolute Gasteiger partial charge is 0.272 e. The molecule has 0 radical (unpaired) electrons. The summed E-state index contributed by atoms with van der Waals surface area (Å²) in [5.41, 5.74) is 2.05. The van der Waals surface area contributed by atoms with E-state index >= 15 is 0 Å². The third-order valence-corrected chi connectivity index (χ3v) is 8.76. The van der Waals surface area contributed by atoms with E-state index in [-0.39, 0.29) is 17.3 Å². The van der Waals surface area contributed by atoms with Gasteiger partial charge in [0.1, 0.15) is 10.9 Å². The summed E-state index contributed by atoms with van der Waals surface area (Å²) >= 11 is 14.0. The molecule has 9 nitrogen and oxygen atoms in total. The van der Waals surface area contributed by atoms with Crippen LogP contribution in [-0.2, 0) is 9.59 Å². The SMILES string of the molecule is O=C(Nc1cccc(SC(C(=O)Nc2ccc([N+](=O)[O-])cc2)c2ccccc2)c1)/C(=C\c1c(Cl)cccc1Cl)NC(=O)c1ccccc1. The highest BCUT2D eigenvalue weighted by Gasteiger charge is 2.23. The topological polar surface area (TPSA) is 130 Å². The molecule has 0 aromatic heterocycles. The molecule has 5 rings (SSSR count). The van der Waals surface area contributed by atoms with E-state index in [1.807, 2.05) is 30.3 Å². The first-order valence-corrected chi connectivity index (χ1v) is 16.0. The predicted molar refractivity (Wildman–Crippen MR) is 190 cm³/mol. The lowest BCUT2D eigenvalue weighted by Gasteiger charge is -2.18. The Morgan fingerprint density at radius 3 is 2.00 bits per heavy atom. The molecule has 12 heteroatoms. The Balaban J connectivity index is 1.39. The molecule has 0 aliphatic carbocycles. The Bertz CT molecular complexity index is 1970. The molecule has 1 atom stereocenters. The number of nitro benzene ring substituents is 1. The second kappa shape index (κ2) is 15.9. The fourth-order valence-corrected chi connectivity index (χ4v) is 6.08. The van der Waals surface area contributed by atoms with Crippen molar-refractivity contribution in [3.05, 3.63) is 170 Å². The van der Waals surface area contributed by atoms with Crippen molar-refractivity contribution in [2.24, 2.45) is 0 Å². The normalized spacial score (nSPS) is 11.7. The van der Waals surface area contributed by atoms with Gasteiger partial charge in [0, 0.05) is 49.6 Å². The minimum atomic E-state index is -0.713. The molecule has 1 unspecified atom stereocenters. The van der Waals surface area contributed by atoms with Crippen LogP contribution in [0.2, 0.25) is 10.0 Å². The predicted octanol–water partition coefficient (Wildman–Crippen LogP) is 8.78. The zero-order valence-corrected chi connectivity index (χ0v) is 27.3. The lowest BCUT2D eigenvalue weighted by atomic mass is 10.1. The fraction of sp³-hybridized carbons (Fsp3) is 0.0278. The van der Waals surface area contributed by atoms with Gasteiger partial charge in [-0.05, 0) is 66.2 Å². The van der Waals surface area contributed by atoms with E-state index in [1.54, 1.807) is 72.8 Å². The number of amides is 3. The summed E-state index contributed by atoms with van der Waals surface area (Å²) in [7, 11) is 0. The Hall–Kier alpha value is -5.42.